The quantitative estimate of drug-likeness (QED) is 0.708. The van der Waals surface area contributed by atoms with Gasteiger partial charge in [-0.25, -0.2) is 0 Å². The highest BCUT2D eigenvalue weighted by atomic mass is 16.1. The van der Waals surface area contributed by atoms with Crippen LogP contribution in [0.1, 0.15) is 21.7 Å². The summed E-state index contributed by atoms with van der Waals surface area (Å²) in [6.07, 6.45) is 5.27. The first kappa shape index (κ1) is 9.65. The van der Waals surface area contributed by atoms with E-state index in [1.807, 2.05) is 42.1 Å². The fraction of sp³-hybridized carbons (Fsp3) is 0.167. The zero-order valence-corrected chi connectivity index (χ0v) is 8.55. The number of aldehydes is 1. The van der Waals surface area contributed by atoms with Crippen LogP contribution in [0.2, 0.25) is 0 Å². The second kappa shape index (κ2) is 4.09. The van der Waals surface area contributed by atoms with Gasteiger partial charge in [-0.3, -0.25) is 9.78 Å². The molecule has 0 aliphatic heterocycles. The van der Waals surface area contributed by atoms with Crippen molar-refractivity contribution in [3.05, 3.63) is 53.6 Å². The number of carbonyl (C=O) groups is 1. The Bertz CT molecular complexity index is 460. The van der Waals surface area contributed by atoms with Gasteiger partial charge in [0, 0.05) is 31.6 Å². The number of hydrogen-bond acceptors (Lipinski definition) is 2. The Morgan fingerprint density at radius 1 is 1.40 bits per heavy atom. The predicted octanol–water partition coefficient (Wildman–Crippen LogP) is 1.82. The van der Waals surface area contributed by atoms with Gasteiger partial charge >= 0.3 is 0 Å². The van der Waals surface area contributed by atoms with Gasteiger partial charge in [0.2, 0.25) is 0 Å². The van der Waals surface area contributed by atoms with Gasteiger partial charge in [0.15, 0.2) is 6.29 Å². The molecule has 76 valence electrons. The molecule has 0 aromatic carbocycles. The highest BCUT2D eigenvalue weighted by molar-refractivity contribution is 5.72. The van der Waals surface area contributed by atoms with Crippen LogP contribution in [0.25, 0.3) is 0 Å². The van der Waals surface area contributed by atoms with E-state index in [0.29, 0.717) is 5.69 Å². The summed E-state index contributed by atoms with van der Waals surface area (Å²) in [5, 5.41) is 0. The predicted molar refractivity (Wildman–Crippen MR) is 57.8 cm³/mol. The monoisotopic (exact) mass is 200 g/mol. The lowest BCUT2D eigenvalue weighted by atomic mass is 10.2. The summed E-state index contributed by atoms with van der Waals surface area (Å²) >= 11 is 0. The fourth-order valence-corrected chi connectivity index (χ4v) is 1.58. The maximum absolute atomic E-state index is 10.7. The number of carbonyl (C=O) groups excluding carboxylic acids is 1. The fourth-order valence-electron chi connectivity index (χ4n) is 1.58. The van der Waals surface area contributed by atoms with Crippen LogP contribution in [0.3, 0.4) is 0 Å². The second-order valence-electron chi connectivity index (χ2n) is 3.46. The lowest BCUT2D eigenvalue weighted by molar-refractivity contribution is 0.111. The first-order chi connectivity index (χ1) is 7.31. The molecule has 0 aliphatic rings. The van der Waals surface area contributed by atoms with Crippen molar-refractivity contribution in [2.24, 2.45) is 7.05 Å². The minimum absolute atomic E-state index is 0.703. The van der Waals surface area contributed by atoms with Gasteiger partial charge in [-0.2, -0.15) is 0 Å². The minimum Gasteiger partial charge on any atom is -0.345 e. The molecule has 0 atom stereocenters. The normalized spacial score (nSPS) is 10.2. The largest absolute Gasteiger partial charge is 0.345 e. The lowest BCUT2D eigenvalue weighted by Crippen LogP contribution is -2.01. The Labute approximate surface area is 88.4 Å². The molecule has 0 radical (unpaired) electrons. The van der Waals surface area contributed by atoms with Crippen LogP contribution in [0.15, 0.2) is 36.7 Å². The molecule has 2 rings (SSSR count). The van der Waals surface area contributed by atoms with E-state index in [4.69, 9.17) is 0 Å². The summed E-state index contributed by atoms with van der Waals surface area (Å²) in [7, 11) is 1.90. The van der Waals surface area contributed by atoms with Gasteiger partial charge in [-0.1, -0.05) is 6.07 Å². The average molecular weight is 200 g/mol. The van der Waals surface area contributed by atoms with Crippen molar-refractivity contribution < 1.29 is 4.79 Å². The molecular weight excluding hydrogens is 188 g/mol. The third kappa shape index (κ3) is 1.96. The number of rotatable bonds is 3. The Balaban J connectivity index is 2.25. The number of pyridine rings is 1. The molecule has 0 amide bonds. The molecule has 0 N–H and O–H groups in total. The van der Waals surface area contributed by atoms with Gasteiger partial charge in [0.05, 0.1) is 5.69 Å². The maximum atomic E-state index is 10.7. The van der Waals surface area contributed by atoms with E-state index in [0.717, 1.165) is 24.0 Å². The van der Waals surface area contributed by atoms with Crippen LogP contribution < -0.4 is 0 Å². The van der Waals surface area contributed by atoms with E-state index in [1.54, 1.807) is 6.20 Å². The van der Waals surface area contributed by atoms with Crippen molar-refractivity contribution in [2.75, 3.05) is 0 Å². The van der Waals surface area contributed by atoms with Gasteiger partial charge in [0.1, 0.15) is 0 Å². The smallest absolute Gasteiger partial charge is 0.166 e. The third-order valence-electron chi connectivity index (χ3n) is 2.49. The molecule has 3 heteroatoms. The van der Waals surface area contributed by atoms with Gasteiger partial charge in [-0.15, -0.1) is 0 Å². The Hall–Kier alpha value is -1.90. The molecule has 2 heterocycles. The molecule has 0 saturated carbocycles. The molecular formula is C12H12N2O. The molecule has 0 spiro atoms. The van der Waals surface area contributed by atoms with Crippen molar-refractivity contribution >= 4 is 6.29 Å². The zero-order chi connectivity index (χ0) is 10.7. The van der Waals surface area contributed by atoms with Crippen molar-refractivity contribution in [3.63, 3.8) is 0 Å². The lowest BCUT2D eigenvalue weighted by Gasteiger charge is -2.04. The second-order valence-corrected chi connectivity index (χ2v) is 3.46. The van der Waals surface area contributed by atoms with Crippen LogP contribution in [0.4, 0.5) is 0 Å². The highest BCUT2D eigenvalue weighted by Crippen LogP contribution is 2.10. The van der Waals surface area contributed by atoms with Crippen molar-refractivity contribution in [1.29, 1.82) is 0 Å². The summed E-state index contributed by atoms with van der Waals surface area (Å²) in [6.45, 7) is 0. The van der Waals surface area contributed by atoms with Crippen LogP contribution in [-0.2, 0) is 13.5 Å². The molecule has 0 fully saturated rings. The van der Waals surface area contributed by atoms with E-state index in [9.17, 15) is 4.79 Å². The third-order valence-corrected chi connectivity index (χ3v) is 2.49. The molecule has 2 aromatic rings. The number of nitrogens with zero attached hydrogens (tertiary/aromatic N) is 2. The first-order valence-electron chi connectivity index (χ1n) is 4.80. The summed E-state index contributed by atoms with van der Waals surface area (Å²) in [5.41, 5.74) is 2.97. The highest BCUT2D eigenvalue weighted by Gasteiger charge is 2.04. The van der Waals surface area contributed by atoms with E-state index in [-0.39, 0.29) is 0 Å². The Kier molecular flexibility index (Phi) is 2.63. The van der Waals surface area contributed by atoms with Crippen LogP contribution in [-0.4, -0.2) is 15.8 Å². The van der Waals surface area contributed by atoms with Crippen molar-refractivity contribution in [2.45, 2.75) is 6.42 Å². The summed E-state index contributed by atoms with van der Waals surface area (Å²) in [5.74, 6) is 0. The molecule has 0 aliphatic carbocycles. The summed E-state index contributed by atoms with van der Waals surface area (Å²) in [4.78, 5) is 14.7. The molecule has 2 aromatic heterocycles. The standard InChI is InChI=1S/C12H12N2O/c1-14-11(4-5-12(14)9-15)7-10-3-2-6-13-8-10/h2-6,8-9H,7H2,1H3. The minimum atomic E-state index is 0.703. The maximum Gasteiger partial charge on any atom is 0.166 e. The van der Waals surface area contributed by atoms with E-state index < -0.39 is 0 Å². The summed E-state index contributed by atoms with van der Waals surface area (Å²) in [6, 6.07) is 7.74. The van der Waals surface area contributed by atoms with E-state index in [2.05, 4.69) is 4.98 Å². The van der Waals surface area contributed by atoms with Crippen LogP contribution >= 0.6 is 0 Å². The van der Waals surface area contributed by atoms with Gasteiger partial charge < -0.3 is 4.57 Å². The zero-order valence-electron chi connectivity index (χ0n) is 8.55. The molecule has 15 heavy (non-hydrogen) atoms. The van der Waals surface area contributed by atoms with Crippen LogP contribution in [0, 0.1) is 0 Å². The van der Waals surface area contributed by atoms with E-state index in [1.165, 1.54) is 0 Å². The van der Waals surface area contributed by atoms with Gasteiger partial charge in [0.25, 0.3) is 0 Å². The molecule has 3 nitrogen and oxygen atoms in total. The van der Waals surface area contributed by atoms with Crippen LogP contribution in [0.5, 0.6) is 0 Å². The SMILES string of the molecule is Cn1c(C=O)ccc1Cc1cccnc1. The first-order valence-corrected chi connectivity index (χ1v) is 4.80. The average Bonchev–Trinajstić information content (AvgIpc) is 2.62. The van der Waals surface area contributed by atoms with Crippen molar-refractivity contribution in [3.8, 4) is 0 Å². The molecule has 0 unspecified atom stereocenters. The Morgan fingerprint density at radius 2 is 2.27 bits per heavy atom. The van der Waals surface area contributed by atoms with E-state index >= 15 is 0 Å². The summed E-state index contributed by atoms with van der Waals surface area (Å²) < 4.78 is 1.90. The molecule has 0 saturated heterocycles. The Morgan fingerprint density at radius 3 is 2.87 bits per heavy atom. The van der Waals surface area contributed by atoms with Gasteiger partial charge in [-0.05, 0) is 23.8 Å². The van der Waals surface area contributed by atoms with Crippen molar-refractivity contribution in [1.82, 2.24) is 9.55 Å². The number of aromatic nitrogens is 2. The topological polar surface area (TPSA) is 34.9 Å². The number of hydrogen-bond donors (Lipinski definition) is 0. The molecule has 0 bridgehead atoms.